The maximum Gasteiger partial charge on any atom is 0.338 e. The second-order valence-electron chi connectivity index (χ2n) is 9.70. The van der Waals surface area contributed by atoms with Gasteiger partial charge in [0.2, 0.25) is 0 Å². The second kappa shape index (κ2) is 11.7. The molecule has 202 valence electrons. The van der Waals surface area contributed by atoms with Crippen molar-refractivity contribution in [2.75, 3.05) is 18.1 Å². The molecule has 0 aliphatic carbocycles. The van der Waals surface area contributed by atoms with Crippen molar-refractivity contribution >= 4 is 40.7 Å². The minimum absolute atomic E-state index is 0.0958. The number of hydrogen-bond acceptors (Lipinski definition) is 6. The van der Waals surface area contributed by atoms with E-state index < -0.39 is 29.5 Å². The Morgan fingerprint density at radius 3 is 2.41 bits per heavy atom. The summed E-state index contributed by atoms with van der Waals surface area (Å²) in [6.07, 6.45) is 0. The Labute approximate surface area is 232 Å². The van der Waals surface area contributed by atoms with Gasteiger partial charge in [-0.1, -0.05) is 55.3 Å². The van der Waals surface area contributed by atoms with E-state index in [1.165, 1.54) is 4.90 Å². The predicted molar refractivity (Wildman–Crippen MR) is 150 cm³/mol. The molecule has 1 aliphatic heterocycles. The minimum Gasteiger partial charge on any atom is -0.507 e. The summed E-state index contributed by atoms with van der Waals surface area (Å²) in [5.41, 5.74) is 2.34. The van der Waals surface area contributed by atoms with Crippen LogP contribution in [-0.4, -0.2) is 36.0 Å². The zero-order valence-corrected chi connectivity index (χ0v) is 23.0. The molecule has 1 aliphatic rings. The number of carbonyl (C=O) groups is 3. The average molecular weight is 548 g/mol. The standard InChI is InChI=1S/C31H30ClNO6/c1-5-38-23-13-14-25(32)24(16-23)28(34)26-27(21-8-6-7-19(4)15-21)33(30(36)29(26)35)22-11-9-20(10-12-22)31(37)39-17-18(2)3/h6-16,18,27,34H,5,17H2,1-4H3/b28-26+. The number of aryl methyl sites for hydroxylation is 1. The molecule has 0 bridgehead atoms. The first-order valence-electron chi connectivity index (χ1n) is 12.7. The molecule has 4 rings (SSSR count). The smallest absolute Gasteiger partial charge is 0.338 e. The second-order valence-corrected chi connectivity index (χ2v) is 10.1. The van der Waals surface area contributed by atoms with Crippen LogP contribution in [0.1, 0.15) is 53.9 Å². The van der Waals surface area contributed by atoms with Crippen molar-refractivity contribution in [3.63, 3.8) is 0 Å². The number of halogens is 1. The van der Waals surface area contributed by atoms with Gasteiger partial charge in [0, 0.05) is 11.3 Å². The number of hydrogen-bond donors (Lipinski definition) is 1. The summed E-state index contributed by atoms with van der Waals surface area (Å²) in [5, 5.41) is 11.7. The molecule has 1 saturated heterocycles. The molecule has 1 unspecified atom stereocenters. The number of esters is 1. The Morgan fingerprint density at radius 2 is 1.77 bits per heavy atom. The van der Waals surface area contributed by atoms with Gasteiger partial charge in [0.1, 0.15) is 11.5 Å². The van der Waals surface area contributed by atoms with Crippen LogP contribution in [0, 0.1) is 12.8 Å². The summed E-state index contributed by atoms with van der Waals surface area (Å²) in [6.45, 7) is 8.30. The number of benzene rings is 3. The van der Waals surface area contributed by atoms with Gasteiger partial charge in [-0.3, -0.25) is 14.5 Å². The van der Waals surface area contributed by atoms with E-state index in [-0.39, 0.29) is 28.7 Å². The van der Waals surface area contributed by atoms with Crippen molar-refractivity contribution < 1.29 is 29.0 Å². The number of aliphatic hydroxyl groups excluding tert-OH is 1. The van der Waals surface area contributed by atoms with Crippen LogP contribution in [0.2, 0.25) is 5.02 Å². The SMILES string of the molecule is CCOc1ccc(Cl)c(/C(O)=C2\C(=O)C(=O)N(c3ccc(C(=O)OCC(C)C)cc3)C2c2cccc(C)c2)c1. The first-order valence-corrected chi connectivity index (χ1v) is 13.1. The minimum atomic E-state index is -0.935. The van der Waals surface area contributed by atoms with E-state index in [1.807, 2.05) is 45.9 Å². The molecule has 3 aromatic rings. The quantitative estimate of drug-likeness (QED) is 0.150. The summed E-state index contributed by atoms with van der Waals surface area (Å²) < 4.78 is 10.8. The first-order chi connectivity index (χ1) is 18.6. The van der Waals surface area contributed by atoms with Crippen molar-refractivity contribution in [1.82, 2.24) is 0 Å². The molecule has 1 heterocycles. The highest BCUT2D eigenvalue weighted by molar-refractivity contribution is 6.52. The first kappa shape index (κ1) is 27.9. The number of ether oxygens (including phenoxy) is 2. The maximum atomic E-state index is 13.5. The Kier molecular flexibility index (Phi) is 8.41. The lowest BCUT2D eigenvalue weighted by Gasteiger charge is -2.26. The highest BCUT2D eigenvalue weighted by atomic mass is 35.5. The molecule has 1 atom stereocenters. The van der Waals surface area contributed by atoms with Gasteiger partial charge in [-0.2, -0.15) is 0 Å². The van der Waals surface area contributed by atoms with E-state index in [9.17, 15) is 19.5 Å². The van der Waals surface area contributed by atoms with Gasteiger partial charge in [-0.05, 0) is 67.8 Å². The number of Topliss-reactive ketones (excluding diaryl/α,β-unsaturated/α-hetero) is 1. The molecule has 1 fully saturated rings. The Balaban J connectivity index is 1.83. The number of rotatable bonds is 8. The van der Waals surface area contributed by atoms with Gasteiger partial charge >= 0.3 is 5.97 Å². The van der Waals surface area contributed by atoms with Gasteiger partial charge in [-0.15, -0.1) is 0 Å². The summed E-state index contributed by atoms with van der Waals surface area (Å²) >= 11 is 6.41. The fourth-order valence-electron chi connectivity index (χ4n) is 4.43. The van der Waals surface area contributed by atoms with Crippen molar-refractivity contribution in [3.05, 3.63) is 99.6 Å². The lowest BCUT2D eigenvalue weighted by molar-refractivity contribution is -0.132. The highest BCUT2D eigenvalue weighted by Crippen LogP contribution is 2.43. The lowest BCUT2D eigenvalue weighted by atomic mass is 9.94. The predicted octanol–water partition coefficient (Wildman–Crippen LogP) is 6.49. The summed E-state index contributed by atoms with van der Waals surface area (Å²) in [5.74, 6) is -1.88. The molecule has 0 radical (unpaired) electrons. The van der Waals surface area contributed by atoms with Crippen LogP contribution in [0.4, 0.5) is 5.69 Å². The summed E-state index contributed by atoms with van der Waals surface area (Å²) in [6, 6.07) is 17.5. The van der Waals surface area contributed by atoms with Crippen molar-refractivity contribution in [2.45, 2.75) is 33.7 Å². The van der Waals surface area contributed by atoms with Crippen LogP contribution < -0.4 is 9.64 Å². The van der Waals surface area contributed by atoms with Crippen LogP contribution >= 0.6 is 11.6 Å². The van der Waals surface area contributed by atoms with E-state index in [0.29, 0.717) is 29.2 Å². The van der Waals surface area contributed by atoms with Gasteiger partial charge in [0.25, 0.3) is 11.7 Å². The van der Waals surface area contributed by atoms with E-state index >= 15 is 0 Å². The highest BCUT2D eigenvalue weighted by Gasteiger charge is 2.47. The summed E-state index contributed by atoms with van der Waals surface area (Å²) in [7, 11) is 0. The largest absolute Gasteiger partial charge is 0.507 e. The topological polar surface area (TPSA) is 93.1 Å². The van der Waals surface area contributed by atoms with E-state index in [1.54, 1.807) is 48.5 Å². The molecule has 3 aromatic carbocycles. The molecule has 7 nitrogen and oxygen atoms in total. The molecular weight excluding hydrogens is 518 g/mol. The van der Waals surface area contributed by atoms with Gasteiger partial charge < -0.3 is 14.6 Å². The maximum absolute atomic E-state index is 13.5. The molecule has 8 heteroatoms. The third kappa shape index (κ3) is 5.83. The van der Waals surface area contributed by atoms with Crippen LogP contribution in [0.5, 0.6) is 5.75 Å². The molecule has 1 N–H and O–H groups in total. The molecule has 0 spiro atoms. The molecule has 39 heavy (non-hydrogen) atoms. The van der Waals surface area contributed by atoms with Crippen LogP contribution in [0.25, 0.3) is 5.76 Å². The van der Waals surface area contributed by atoms with E-state index in [4.69, 9.17) is 21.1 Å². The van der Waals surface area contributed by atoms with Crippen LogP contribution in [-0.2, 0) is 14.3 Å². The number of amides is 1. The van der Waals surface area contributed by atoms with Crippen molar-refractivity contribution in [1.29, 1.82) is 0 Å². The molecule has 0 saturated carbocycles. The van der Waals surface area contributed by atoms with Crippen LogP contribution in [0.15, 0.2) is 72.3 Å². The Morgan fingerprint density at radius 1 is 1.05 bits per heavy atom. The van der Waals surface area contributed by atoms with E-state index in [2.05, 4.69) is 0 Å². The van der Waals surface area contributed by atoms with Gasteiger partial charge in [0.15, 0.2) is 0 Å². The molecule has 0 aromatic heterocycles. The molecule has 1 amide bonds. The number of carbonyl (C=O) groups excluding carboxylic acids is 3. The average Bonchev–Trinajstić information content (AvgIpc) is 3.18. The van der Waals surface area contributed by atoms with Gasteiger partial charge in [-0.25, -0.2) is 4.79 Å². The number of aliphatic hydroxyl groups is 1. The monoisotopic (exact) mass is 547 g/mol. The van der Waals surface area contributed by atoms with Crippen molar-refractivity contribution in [3.8, 4) is 5.75 Å². The summed E-state index contributed by atoms with van der Waals surface area (Å²) in [4.78, 5) is 40.6. The van der Waals surface area contributed by atoms with Crippen molar-refractivity contribution in [2.24, 2.45) is 5.92 Å². The zero-order chi connectivity index (χ0) is 28.3. The fourth-order valence-corrected chi connectivity index (χ4v) is 4.63. The van der Waals surface area contributed by atoms with E-state index in [0.717, 1.165) is 5.56 Å². The normalized spacial score (nSPS) is 16.6. The zero-order valence-electron chi connectivity index (χ0n) is 22.2. The lowest BCUT2D eigenvalue weighted by Crippen LogP contribution is -2.29. The van der Waals surface area contributed by atoms with Crippen LogP contribution in [0.3, 0.4) is 0 Å². The third-order valence-electron chi connectivity index (χ3n) is 6.24. The third-order valence-corrected chi connectivity index (χ3v) is 6.56. The van der Waals surface area contributed by atoms with Gasteiger partial charge in [0.05, 0.1) is 35.4 Å². The Hall–Kier alpha value is -4.10. The fraction of sp³-hybridized carbons (Fsp3) is 0.258. The molecular formula is C31H30ClNO6. The number of anilines is 1. The number of ketones is 1. The number of nitrogens with zero attached hydrogens (tertiary/aromatic N) is 1. The Bertz CT molecular complexity index is 1440.